The van der Waals surface area contributed by atoms with Crippen LogP contribution >= 0.6 is 0 Å². The molecule has 0 radical (unpaired) electrons. The second kappa shape index (κ2) is 6.26. The zero-order chi connectivity index (χ0) is 15.7. The molecule has 120 valence electrons. The van der Waals surface area contributed by atoms with Crippen LogP contribution in [-0.2, 0) is 6.54 Å². The summed E-state index contributed by atoms with van der Waals surface area (Å²) in [5.74, 6) is 0. The van der Waals surface area contributed by atoms with Crippen LogP contribution in [0.3, 0.4) is 0 Å². The SMILES string of the molecule is CC(NC(=O)O)c1ccc(CN2C3CCC2CN(C)C3)cc1. The lowest BCUT2D eigenvalue weighted by Gasteiger charge is -2.39. The van der Waals surface area contributed by atoms with E-state index in [0.717, 1.165) is 12.1 Å². The van der Waals surface area contributed by atoms with Crippen LogP contribution in [0.25, 0.3) is 0 Å². The van der Waals surface area contributed by atoms with Crippen molar-refractivity contribution in [1.29, 1.82) is 0 Å². The molecule has 3 unspecified atom stereocenters. The van der Waals surface area contributed by atoms with Crippen LogP contribution in [0.5, 0.6) is 0 Å². The lowest BCUT2D eigenvalue weighted by molar-refractivity contribution is 0.0760. The third kappa shape index (κ3) is 3.25. The van der Waals surface area contributed by atoms with E-state index in [0.29, 0.717) is 12.1 Å². The average Bonchev–Trinajstić information content (AvgIpc) is 2.70. The molecule has 1 aromatic carbocycles. The number of nitrogens with zero attached hydrogens (tertiary/aromatic N) is 2. The molecule has 1 aromatic rings. The Kier molecular flexibility index (Phi) is 4.36. The zero-order valence-electron chi connectivity index (χ0n) is 13.3. The molecule has 1 amide bonds. The number of benzene rings is 1. The highest BCUT2D eigenvalue weighted by molar-refractivity contribution is 5.65. The maximum atomic E-state index is 10.7. The van der Waals surface area contributed by atoms with Gasteiger partial charge in [-0.3, -0.25) is 4.90 Å². The van der Waals surface area contributed by atoms with Crippen molar-refractivity contribution in [1.82, 2.24) is 15.1 Å². The number of carboxylic acid groups (broad SMARTS) is 1. The van der Waals surface area contributed by atoms with Crippen molar-refractivity contribution in [2.75, 3.05) is 20.1 Å². The lowest BCUT2D eigenvalue weighted by atomic mass is 10.0. The third-order valence-electron chi connectivity index (χ3n) is 5.00. The topological polar surface area (TPSA) is 55.8 Å². The molecular formula is C17H25N3O2. The average molecular weight is 303 g/mol. The first-order valence-corrected chi connectivity index (χ1v) is 8.05. The number of hydrogen-bond donors (Lipinski definition) is 2. The second-order valence-electron chi connectivity index (χ2n) is 6.69. The maximum absolute atomic E-state index is 10.7. The van der Waals surface area contributed by atoms with Crippen LogP contribution < -0.4 is 5.32 Å². The number of likely N-dealkylation sites (tertiary alicyclic amines) is 1. The summed E-state index contributed by atoms with van der Waals surface area (Å²) < 4.78 is 0. The zero-order valence-corrected chi connectivity index (χ0v) is 13.3. The van der Waals surface area contributed by atoms with Gasteiger partial charge in [-0.05, 0) is 37.9 Å². The molecule has 5 heteroatoms. The number of likely N-dealkylation sites (N-methyl/N-ethyl adjacent to an activating group) is 1. The molecule has 3 atom stereocenters. The Morgan fingerprint density at radius 1 is 1.27 bits per heavy atom. The van der Waals surface area contributed by atoms with E-state index in [1.54, 1.807) is 0 Å². The van der Waals surface area contributed by atoms with Crippen LogP contribution in [0.4, 0.5) is 4.79 Å². The van der Waals surface area contributed by atoms with Crippen LogP contribution in [0.1, 0.15) is 36.9 Å². The molecule has 22 heavy (non-hydrogen) atoms. The van der Waals surface area contributed by atoms with E-state index in [2.05, 4.69) is 34.3 Å². The van der Waals surface area contributed by atoms with Crippen LogP contribution in [0.15, 0.2) is 24.3 Å². The van der Waals surface area contributed by atoms with Crippen molar-refractivity contribution in [3.63, 3.8) is 0 Å². The minimum absolute atomic E-state index is 0.175. The molecule has 0 spiro atoms. The summed E-state index contributed by atoms with van der Waals surface area (Å²) in [6, 6.07) is 9.54. The number of fused-ring (bicyclic) bond motifs is 2. The second-order valence-corrected chi connectivity index (χ2v) is 6.69. The van der Waals surface area contributed by atoms with Crippen molar-refractivity contribution in [3.05, 3.63) is 35.4 Å². The first-order valence-electron chi connectivity index (χ1n) is 8.05. The molecule has 2 bridgehead atoms. The van der Waals surface area contributed by atoms with Gasteiger partial charge in [-0.2, -0.15) is 0 Å². The molecule has 2 aliphatic heterocycles. The summed E-state index contributed by atoms with van der Waals surface area (Å²) in [6.07, 6.45) is 1.64. The van der Waals surface area contributed by atoms with Crippen molar-refractivity contribution in [2.45, 2.75) is 44.4 Å². The number of carbonyl (C=O) groups is 1. The van der Waals surface area contributed by atoms with Crippen molar-refractivity contribution < 1.29 is 9.90 Å². The molecule has 0 aliphatic carbocycles. The van der Waals surface area contributed by atoms with E-state index >= 15 is 0 Å². The summed E-state index contributed by atoms with van der Waals surface area (Å²) >= 11 is 0. The molecule has 5 nitrogen and oxygen atoms in total. The summed E-state index contributed by atoms with van der Waals surface area (Å²) in [5.41, 5.74) is 2.32. The lowest BCUT2D eigenvalue weighted by Crippen LogP contribution is -2.51. The third-order valence-corrected chi connectivity index (χ3v) is 5.00. The molecule has 2 heterocycles. The van der Waals surface area contributed by atoms with Gasteiger partial charge in [0.25, 0.3) is 0 Å². The summed E-state index contributed by atoms with van der Waals surface area (Å²) in [5, 5.41) is 11.3. The highest BCUT2D eigenvalue weighted by Crippen LogP contribution is 2.31. The molecule has 2 fully saturated rings. The minimum Gasteiger partial charge on any atom is -0.465 e. The Balaban J connectivity index is 1.63. The number of rotatable bonds is 4. The Morgan fingerprint density at radius 3 is 2.41 bits per heavy atom. The Labute approximate surface area is 131 Å². The van der Waals surface area contributed by atoms with Gasteiger partial charge >= 0.3 is 6.09 Å². The molecule has 2 aliphatic rings. The van der Waals surface area contributed by atoms with Crippen LogP contribution in [0, 0.1) is 0 Å². The predicted octanol–water partition coefficient (Wildman–Crippen LogP) is 2.29. The van der Waals surface area contributed by atoms with E-state index in [1.165, 1.54) is 31.5 Å². The minimum atomic E-state index is -0.981. The van der Waals surface area contributed by atoms with Gasteiger partial charge in [-0.15, -0.1) is 0 Å². The highest BCUT2D eigenvalue weighted by Gasteiger charge is 2.38. The van der Waals surface area contributed by atoms with E-state index < -0.39 is 6.09 Å². The monoisotopic (exact) mass is 303 g/mol. The van der Waals surface area contributed by atoms with Crippen molar-refractivity contribution >= 4 is 6.09 Å². The largest absolute Gasteiger partial charge is 0.465 e. The number of hydrogen-bond acceptors (Lipinski definition) is 3. The quantitative estimate of drug-likeness (QED) is 0.896. The van der Waals surface area contributed by atoms with Gasteiger partial charge in [0.05, 0.1) is 6.04 Å². The maximum Gasteiger partial charge on any atom is 0.405 e. The smallest absolute Gasteiger partial charge is 0.405 e. The normalized spacial score (nSPS) is 26.8. The molecular weight excluding hydrogens is 278 g/mol. The van der Waals surface area contributed by atoms with Gasteiger partial charge in [0, 0.05) is 31.7 Å². The standard InChI is InChI=1S/C17H25N3O2/c1-12(18-17(21)22)14-5-3-13(4-6-14)9-20-15-7-8-16(20)11-19(2)10-15/h3-6,12,15-16,18H,7-11H2,1-2H3,(H,21,22). The van der Waals surface area contributed by atoms with E-state index in [9.17, 15) is 4.79 Å². The first-order chi connectivity index (χ1) is 10.5. The Morgan fingerprint density at radius 2 is 1.86 bits per heavy atom. The van der Waals surface area contributed by atoms with E-state index in [4.69, 9.17) is 5.11 Å². The van der Waals surface area contributed by atoms with Gasteiger partial charge < -0.3 is 15.3 Å². The summed E-state index contributed by atoms with van der Waals surface area (Å²) in [4.78, 5) is 15.8. The first kappa shape index (κ1) is 15.3. The predicted molar refractivity (Wildman–Crippen MR) is 85.9 cm³/mol. The van der Waals surface area contributed by atoms with Gasteiger partial charge in [0.2, 0.25) is 0 Å². The molecule has 0 aromatic heterocycles. The van der Waals surface area contributed by atoms with Gasteiger partial charge in [-0.25, -0.2) is 4.79 Å². The van der Waals surface area contributed by atoms with E-state index in [-0.39, 0.29) is 6.04 Å². The molecule has 0 saturated carbocycles. The summed E-state index contributed by atoms with van der Waals surface area (Å²) in [7, 11) is 2.22. The Bertz CT molecular complexity index is 517. The van der Waals surface area contributed by atoms with Crippen LogP contribution in [-0.4, -0.2) is 53.2 Å². The Hall–Kier alpha value is -1.59. The van der Waals surface area contributed by atoms with Gasteiger partial charge in [0.1, 0.15) is 0 Å². The summed E-state index contributed by atoms with van der Waals surface area (Å²) in [6.45, 7) is 5.22. The fourth-order valence-corrected chi connectivity index (χ4v) is 3.85. The van der Waals surface area contributed by atoms with Crippen molar-refractivity contribution in [2.24, 2.45) is 0 Å². The van der Waals surface area contributed by atoms with Gasteiger partial charge in [-0.1, -0.05) is 24.3 Å². The molecule has 3 rings (SSSR count). The number of nitrogens with one attached hydrogen (secondary N) is 1. The van der Waals surface area contributed by atoms with Gasteiger partial charge in [0.15, 0.2) is 0 Å². The van der Waals surface area contributed by atoms with Crippen molar-refractivity contribution in [3.8, 4) is 0 Å². The fraction of sp³-hybridized carbons (Fsp3) is 0.588. The molecule has 2 saturated heterocycles. The van der Waals surface area contributed by atoms with E-state index in [1.807, 2.05) is 19.1 Å². The highest BCUT2D eigenvalue weighted by atomic mass is 16.4. The number of piperazine rings is 1. The molecule has 2 N–H and O–H groups in total. The van der Waals surface area contributed by atoms with Crippen LogP contribution in [0.2, 0.25) is 0 Å². The number of amides is 1. The fourth-order valence-electron chi connectivity index (χ4n) is 3.85.